The second-order valence-corrected chi connectivity index (χ2v) is 5.09. The molecule has 0 amide bonds. The zero-order valence-electron chi connectivity index (χ0n) is 12.5. The third kappa shape index (κ3) is 3.97. The Balaban J connectivity index is 1.61. The molecule has 1 heterocycles. The fourth-order valence-electron chi connectivity index (χ4n) is 2.36. The molecule has 0 aliphatic carbocycles. The Morgan fingerprint density at radius 3 is 2.50 bits per heavy atom. The summed E-state index contributed by atoms with van der Waals surface area (Å²) in [6.07, 6.45) is 4.69. The van der Waals surface area contributed by atoms with E-state index in [1.807, 2.05) is 48.5 Å². The highest BCUT2D eigenvalue weighted by Gasteiger charge is 2.20. The Morgan fingerprint density at radius 2 is 1.68 bits per heavy atom. The lowest BCUT2D eigenvalue weighted by atomic mass is 10.2. The van der Waals surface area contributed by atoms with Crippen molar-refractivity contribution in [2.75, 3.05) is 19.8 Å². The Hall–Kier alpha value is -2.10. The molecule has 3 nitrogen and oxygen atoms in total. The van der Waals surface area contributed by atoms with Gasteiger partial charge in [0, 0.05) is 5.56 Å². The van der Waals surface area contributed by atoms with Crippen molar-refractivity contribution in [3.05, 3.63) is 71.8 Å². The Kier molecular flexibility index (Phi) is 5.24. The summed E-state index contributed by atoms with van der Waals surface area (Å²) in [6.45, 7) is 1.97. The van der Waals surface area contributed by atoms with Gasteiger partial charge >= 0.3 is 0 Å². The first-order valence-corrected chi connectivity index (χ1v) is 7.60. The van der Waals surface area contributed by atoms with E-state index in [1.54, 1.807) is 0 Å². The minimum atomic E-state index is -0.317. The van der Waals surface area contributed by atoms with Crippen LogP contribution in [0, 0.1) is 0 Å². The maximum atomic E-state index is 5.87. The number of benzene rings is 2. The van der Waals surface area contributed by atoms with Crippen LogP contribution in [-0.4, -0.2) is 19.8 Å². The van der Waals surface area contributed by atoms with E-state index in [2.05, 4.69) is 18.2 Å². The standard InChI is InChI=1S/C19H20O3/c1-2-8-16(9-3-1)10-6-13-20-18-12-5-4-11-17(18)19-21-14-7-15-22-19/h1-6,8-12,19H,7,13-15H2/b10-6+. The molecule has 114 valence electrons. The van der Waals surface area contributed by atoms with Gasteiger partial charge in [-0.05, 0) is 24.1 Å². The first-order valence-electron chi connectivity index (χ1n) is 7.60. The summed E-state index contributed by atoms with van der Waals surface area (Å²) in [4.78, 5) is 0. The zero-order valence-corrected chi connectivity index (χ0v) is 12.5. The van der Waals surface area contributed by atoms with Gasteiger partial charge in [-0.3, -0.25) is 0 Å². The molecule has 0 radical (unpaired) electrons. The first-order chi connectivity index (χ1) is 10.9. The monoisotopic (exact) mass is 296 g/mol. The van der Waals surface area contributed by atoms with Crippen molar-refractivity contribution in [3.63, 3.8) is 0 Å². The van der Waals surface area contributed by atoms with Gasteiger partial charge in [-0.2, -0.15) is 0 Å². The Bertz CT molecular complexity index is 601. The molecule has 2 aromatic rings. The highest BCUT2D eigenvalue weighted by Crippen LogP contribution is 2.30. The van der Waals surface area contributed by atoms with Crippen molar-refractivity contribution < 1.29 is 14.2 Å². The van der Waals surface area contributed by atoms with E-state index in [0.717, 1.165) is 30.9 Å². The van der Waals surface area contributed by atoms with Crippen molar-refractivity contribution in [3.8, 4) is 5.75 Å². The van der Waals surface area contributed by atoms with E-state index < -0.39 is 0 Å². The maximum absolute atomic E-state index is 5.87. The summed E-state index contributed by atoms with van der Waals surface area (Å²) in [7, 11) is 0. The van der Waals surface area contributed by atoms with Gasteiger partial charge in [-0.15, -0.1) is 0 Å². The van der Waals surface area contributed by atoms with Gasteiger partial charge in [-0.25, -0.2) is 0 Å². The van der Waals surface area contributed by atoms with Crippen molar-refractivity contribution in [2.24, 2.45) is 0 Å². The van der Waals surface area contributed by atoms with Crippen LogP contribution in [-0.2, 0) is 9.47 Å². The molecule has 22 heavy (non-hydrogen) atoms. The minimum absolute atomic E-state index is 0.317. The van der Waals surface area contributed by atoms with Crippen LogP contribution in [0.25, 0.3) is 6.08 Å². The van der Waals surface area contributed by atoms with Gasteiger partial charge in [0.1, 0.15) is 12.4 Å². The normalized spacial score (nSPS) is 16.0. The van der Waals surface area contributed by atoms with E-state index in [-0.39, 0.29) is 6.29 Å². The Labute approximate surface area is 131 Å². The van der Waals surface area contributed by atoms with Crippen LogP contribution in [0.4, 0.5) is 0 Å². The molecule has 0 saturated carbocycles. The van der Waals surface area contributed by atoms with Crippen LogP contribution in [0.15, 0.2) is 60.7 Å². The lowest BCUT2D eigenvalue weighted by molar-refractivity contribution is -0.183. The smallest absolute Gasteiger partial charge is 0.187 e. The molecule has 0 spiro atoms. The van der Waals surface area contributed by atoms with Crippen molar-refractivity contribution >= 4 is 6.08 Å². The van der Waals surface area contributed by atoms with E-state index in [0.29, 0.717) is 6.61 Å². The summed E-state index contributed by atoms with van der Waals surface area (Å²) < 4.78 is 17.2. The van der Waals surface area contributed by atoms with Crippen LogP contribution in [0.2, 0.25) is 0 Å². The highest BCUT2D eigenvalue weighted by molar-refractivity contribution is 5.48. The molecule has 3 rings (SSSR count). The second-order valence-electron chi connectivity index (χ2n) is 5.09. The molecule has 0 N–H and O–H groups in total. The molecule has 0 aromatic heterocycles. The molecule has 1 aliphatic rings. The van der Waals surface area contributed by atoms with Crippen LogP contribution in [0.3, 0.4) is 0 Å². The predicted molar refractivity (Wildman–Crippen MR) is 86.7 cm³/mol. The molecule has 2 aromatic carbocycles. The molecular formula is C19H20O3. The van der Waals surface area contributed by atoms with Crippen molar-refractivity contribution in [2.45, 2.75) is 12.7 Å². The number of hydrogen-bond acceptors (Lipinski definition) is 3. The van der Waals surface area contributed by atoms with E-state index in [4.69, 9.17) is 14.2 Å². The molecule has 3 heteroatoms. The molecule has 1 aliphatic heterocycles. The van der Waals surface area contributed by atoms with Crippen molar-refractivity contribution in [1.82, 2.24) is 0 Å². The quantitative estimate of drug-likeness (QED) is 0.827. The third-order valence-corrected chi connectivity index (χ3v) is 3.45. The fourth-order valence-corrected chi connectivity index (χ4v) is 2.36. The van der Waals surface area contributed by atoms with E-state index >= 15 is 0 Å². The molecular weight excluding hydrogens is 276 g/mol. The predicted octanol–water partition coefficient (Wildman–Crippen LogP) is 4.21. The zero-order chi connectivity index (χ0) is 15.0. The molecule has 1 saturated heterocycles. The molecule has 1 fully saturated rings. The lowest BCUT2D eigenvalue weighted by Gasteiger charge is -2.25. The summed E-state index contributed by atoms with van der Waals surface area (Å²) in [5.74, 6) is 0.812. The summed E-state index contributed by atoms with van der Waals surface area (Å²) >= 11 is 0. The fraction of sp³-hybridized carbons (Fsp3) is 0.263. The number of ether oxygens (including phenoxy) is 3. The largest absolute Gasteiger partial charge is 0.489 e. The van der Waals surface area contributed by atoms with Gasteiger partial charge in [0.15, 0.2) is 6.29 Å². The van der Waals surface area contributed by atoms with E-state index in [1.165, 1.54) is 5.56 Å². The first kappa shape index (κ1) is 14.8. The molecule has 0 bridgehead atoms. The number of hydrogen-bond donors (Lipinski definition) is 0. The SMILES string of the molecule is C(=C\c1ccccc1)/COc1ccccc1C1OCCCO1. The van der Waals surface area contributed by atoms with Gasteiger partial charge < -0.3 is 14.2 Å². The lowest BCUT2D eigenvalue weighted by Crippen LogP contribution is -2.18. The second kappa shape index (κ2) is 7.78. The van der Waals surface area contributed by atoms with Gasteiger partial charge in [0.05, 0.1) is 13.2 Å². The average Bonchev–Trinajstić information content (AvgIpc) is 2.61. The summed E-state index contributed by atoms with van der Waals surface area (Å²) in [5.41, 5.74) is 2.12. The summed E-state index contributed by atoms with van der Waals surface area (Å²) in [6, 6.07) is 18.1. The minimum Gasteiger partial charge on any atom is -0.489 e. The topological polar surface area (TPSA) is 27.7 Å². The van der Waals surface area contributed by atoms with Gasteiger partial charge in [-0.1, -0.05) is 54.6 Å². The highest BCUT2D eigenvalue weighted by atomic mass is 16.7. The average molecular weight is 296 g/mol. The van der Waals surface area contributed by atoms with Crippen LogP contribution < -0.4 is 4.74 Å². The number of para-hydroxylation sites is 1. The van der Waals surface area contributed by atoms with E-state index in [9.17, 15) is 0 Å². The van der Waals surface area contributed by atoms with Crippen LogP contribution in [0.1, 0.15) is 23.8 Å². The van der Waals surface area contributed by atoms with Gasteiger partial charge in [0.2, 0.25) is 0 Å². The van der Waals surface area contributed by atoms with Crippen LogP contribution >= 0.6 is 0 Å². The Morgan fingerprint density at radius 1 is 0.955 bits per heavy atom. The number of rotatable bonds is 5. The van der Waals surface area contributed by atoms with Crippen molar-refractivity contribution in [1.29, 1.82) is 0 Å². The third-order valence-electron chi connectivity index (χ3n) is 3.45. The summed E-state index contributed by atoms with van der Waals surface area (Å²) in [5, 5.41) is 0. The van der Waals surface area contributed by atoms with Gasteiger partial charge in [0.25, 0.3) is 0 Å². The molecule has 0 unspecified atom stereocenters. The molecule has 0 atom stereocenters. The van der Waals surface area contributed by atoms with Crippen LogP contribution in [0.5, 0.6) is 5.75 Å². The maximum Gasteiger partial charge on any atom is 0.187 e.